The number of halogens is 4. The highest BCUT2D eigenvalue weighted by molar-refractivity contribution is 7.19. The normalized spacial score (nSPS) is 9.86. The quantitative estimate of drug-likeness (QED) is 0.345. The largest absolute Gasteiger partial charge is 0.379 e. The van der Waals surface area contributed by atoms with Crippen LogP contribution in [0, 0.1) is 0 Å². The third-order valence-electron chi connectivity index (χ3n) is 0. The Morgan fingerprint density at radius 1 is 1.43 bits per heavy atom. The van der Waals surface area contributed by atoms with Crippen LogP contribution in [0.5, 0.6) is 0 Å². The molecule has 0 radical (unpaired) electrons. The summed E-state index contributed by atoms with van der Waals surface area (Å²) < 4.78 is 29.0. The Bertz CT molecular complexity index is 24.1. The second-order valence-corrected chi connectivity index (χ2v) is 7.46. The van der Waals surface area contributed by atoms with Gasteiger partial charge in [0.1, 0.15) is 8.35 Å². The standard InChI is InChI=1S/CHF3.ClH5Si2/c2-1(3)4;1-3-2/h1H;3H2,2H3. The zero-order chi connectivity index (χ0) is 6.28. The molecule has 0 aromatic rings. The van der Waals surface area contributed by atoms with Crippen molar-refractivity contribution >= 4 is 29.2 Å². The summed E-state index contributed by atoms with van der Waals surface area (Å²) in [6.07, 6.45) is 0. The van der Waals surface area contributed by atoms with E-state index in [4.69, 9.17) is 11.1 Å². The second kappa shape index (κ2) is 9.72. The van der Waals surface area contributed by atoms with Gasteiger partial charge in [-0.2, -0.15) is 24.3 Å². The summed E-state index contributed by atoms with van der Waals surface area (Å²) in [4.78, 5) is 0. The smallest absolute Gasteiger partial charge is 0.181 e. The van der Waals surface area contributed by atoms with Crippen molar-refractivity contribution in [1.82, 2.24) is 0 Å². The van der Waals surface area contributed by atoms with Gasteiger partial charge in [0.15, 0.2) is 0 Å². The summed E-state index contributed by atoms with van der Waals surface area (Å²) in [5, 5.41) is 0. The molecular weight excluding hydrogens is 161 g/mol. The number of hydrogen-bond acceptors (Lipinski definition) is 0. The van der Waals surface area contributed by atoms with Crippen molar-refractivity contribution in [2.24, 2.45) is 0 Å². The van der Waals surface area contributed by atoms with Gasteiger partial charge < -0.3 is 0 Å². The Balaban J connectivity index is 0. The van der Waals surface area contributed by atoms with Crippen LogP contribution in [0.15, 0.2) is 0 Å². The Hall–Kier alpha value is 0.514. The van der Waals surface area contributed by atoms with Gasteiger partial charge in [0.2, 0.25) is 0 Å². The van der Waals surface area contributed by atoms with Crippen LogP contribution < -0.4 is 0 Å². The molecule has 0 fully saturated rings. The van der Waals surface area contributed by atoms with E-state index in [9.17, 15) is 13.2 Å². The van der Waals surface area contributed by atoms with Crippen molar-refractivity contribution in [3.63, 3.8) is 0 Å². The maximum atomic E-state index is 9.67. The van der Waals surface area contributed by atoms with Gasteiger partial charge in [0.05, 0.1) is 0 Å². The fourth-order valence-corrected chi connectivity index (χ4v) is 0. The van der Waals surface area contributed by atoms with Crippen LogP contribution in [0.3, 0.4) is 0 Å². The SMILES string of the molecule is FC(F)F.[SiH3][SiH2]Cl. The predicted molar refractivity (Wildman–Crippen MR) is 31.4 cm³/mol. The van der Waals surface area contributed by atoms with Gasteiger partial charge in [-0.15, -0.1) is 0 Å². The van der Waals surface area contributed by atoms with E-state index in [2.05, 4.69) is 0 Å². The molecule has 0 rings (SSSR count). The van der Waals surface area contributed by atoms with E-state index in [0.717, 1.165) is 0 Å². The van der Waals surface area contributed by atoms with Crippen molar-refractivity contribution in [3.8, 4) is 0 Å². The molecule has 0 aliphatic heterocycles. The highest BCUT2D eigenvalue weighted by Crippen LogP contribution is 1.87. The van der Waals surface area contributed by atoms with E-state index in [1.165, 1.54) is 9.76 Å². The monoisotopic (exact) mass is 166 g/mol. The van der Waals surface area contributed by atoms with Gasteiger partial charge in [0.25, 0.3) is 0 Å². The molecule has 0 saturated carbocycles. The maximum Gasteiger partial charge on any atom is 0.379 e. The summed E-state index contributed by atoms with van der Waals surface area (Å²) >= 11 is 5.20. The van der Waals surface area contributed by atoms with Crippen LogP contribution >= 0.6 is 11.1 Å². The first-order chi connectivity index (χ1) is 3.15. The lowest BCUT2D eigenvalue weighted by molar-refractivity contribution is 0.00819. The van der Waals surface area contributed by atoms with E-state index in [1.807, 2.05) is 0 Å². The highest BCUT2D eigenvalue weighted by atomic mass is 35.6. The molecule has 6 heteroatoms. The van der Waals surface area contributed by atoms with E-state index >= 15 is 0 Å². The van der Waals surface area contributed by atoms with Crippen molar-refractivity contribution in [3.05, 3.63) is 0 Å². The molecule has 46 valence electrons. The van der Waals surface area contributed by atoms with Gasteiger partial charge in [-0.05, 0) is 0 Å². The van der Waals surface area contributed by atoms with Crippen LogP contribution in [0.2, 0.25) is 0 Å². The van der Waals surface area contributed by atoms with Crippen LogP contribution in [0.1, 0.15) is 0 Å². The summed E-state index contributed by atoms with van der Waals surface area (Å²) in [6, 6.07) is 0. The van der Waals surface area contributed by atoms with Gasteiger partial charge in [-0.1, -0.05) is 0 Å². The summed E-state index contributed by atoms with van der Waals surface area (Å²) in [7, 11) is 1.30. The molecule has 0 bridgehead atoms. The van der Waals surface area contributed by atoms with Gasteiger partial charge >= 0.3 is 6.68 Å². The molecular formula is CH6ClF3Si2. The molecule has 0 atom stereocenters. The Labute approximate surface area is 49.8 Å². The first-order valence-electron chi connectivity index (χ1n) is 1.63. The first kappa shape index (κ1) is 10.5. The Morgan fingerprint density at radius 3 is 1.43 bits per heavy atom. The van der Waals surface area contributed by atoms with E-state index in [0.29, 0.717) is 0 Å². The lowest BCUT2D eigenvalue weighted by Gasteiger charge is -1.65. The molecule has 0 unspecified atom stereocenters. The molecule has 0 N–H and O–H groups in total. The molecule has 7 heavy (non-hydrogen) atoms. The summed E-state index contributed by atoms with van der Waals surface area (Å²) in [5.74, 6) is 0. The van der Waals surface area contributed by atoms with Gasteiger partial charge in [-0.25, -0.2) is 0 Å². The average Bonchev–Trinajstić information content (AvgIpc) is 1.33. The van der Waals surface area contributed by atoms with Crippen molar-refractivity contribution < 1.29 is 13.2 Å². The second-order valence-electron chi connectivity index (χ2n) is 0.515. The van der Waals surface area contributed by atoms with Crippen LogP contribution in [0.4, 0.5) is 13.2 Å². The zero-order valence-corrected chi connectivity index (χ0v) is 7.97. The number of hydrogen-bond donors (Lipinski definition) is 0. The summed E-state index contributed by atoms with van der Waals surface area (Å²) in [6.45, 7) is -3.67. The molecule has 0 aromatic heterocycles. The minimum Gasteiger partial charge on any atom is -0.181 e. The maximum absolute atomic E-state index is 9.67. The zero-order valence-electron chi connectivity index (χ0n) is 3.80. The van der Waals surface area contributed by atoms with Crippen molar-refractivity contribution in [2.75, 3.05) is 0 Å². The van der Waals surface area contributed by atoms with Gasteiger partial charge in [-0.3, -0.25) is 0 Å². The molecule has 0 saturated heterocycles. The minimum atomic E-state index is -3.67. The van der Waals surface area contributed by atoms with Crippen LogP contribution in [0.25, 0.3) is 0 Å². The summed E-state index contributed by atoms with van der Waals surface area (Å²) in [5.41, 5.74) is 0. The van der Waals surface area contributed by atoms with Crippen LogP contribution in [-0.4, -0.2) is 24.8 Å². The Morgan fingerprint density at radius 2 is 1.43 bits per heavy atom. The molecule has 0 nitrogen and oxygen atoms in total. The van der Waals surface area contributed by atoms with E-state index in [-0.39, 0.29) is 8.35 Å². The van der Waals surface area contributed by atoms with Crippen LogP contribution in [-0.2, 0) is 0 Å². The lowest BCUT2D eigenvalue weighted by atomic mass is 11.6. The number of alkyl halides is 3. The number of rotatable bonds is 0. The molecule has 0 aliphatic carbocycles. The topological polar surface area (TPSA) is 0 Å². The predicted octanol–water partition coefficient (Wildman–Crippen LogP) is -0.232. The van der Waals surface area contributed by atoms with E-state index < -0.39 is 6.68 Å². The fraction of sp³-hybridized carbons (Fsp3) is 1.00. The molecule has 0 aromatic carbocycles. The lowest BCUT2D eigenvalue weighted by Crippen LogP contribution is -1.65. The minimum absolute atomic E-state index is 0.0278. The van der Waals surface area contributed by atoms with Gasteiger partial charge in [0, 0.05) is 9.76 Å². The average molecular weight is 167 g/mol. The van der Waals surface area contributed by atoms with Crippen molar-refractivity contribution in [1.29, 1.82) is 0 Å². The van der Waals surface area contributed by atoms with E-state index in [1.54, 1.807) is 0 Å². The molecule has 0 heterocycles. The van der Waals surface area contributed by atoms with Crippen molar-refractivity contribution in [2.45, 2.75) is 6.68 Å². The third-order valence-corrected chi connectivity index (χ3v) is 0. The fourth-order valence-electron chi connectivity index (χ4n) is 0. The molecule has 0 aliphatic rings. The molecule has 0 amide bonds. The molecule has 0 spiro atoms. The highest BCUT2D eigenvalue weighted by Gasteiger charge is 1.86. The third kappa shape index (κ3) is 503. The first-order valence-corrected chi connectivity index (χ1v) is 9.42. The Kier molecular flexibility index (Phi) is 14.6.